The molecule has 1 amide bonds. The van der Waals surface area contributed by atoms with Crippen LogP contribution < -0.4 is 25.2 Å². The van der Waals surface area contributed by atoms with Crippen LogP contribution in [-0.2, 0) is 6.54 Å². The highest BCUT2D eigenvalue weighted by molar-refractivity contribution is 7.71. The number of benzene rings is 2. The Morgan fingerprint density at radius 1 is 1.15 bits per heavy atom. The van der Waals surface area contributed by atoms with Gasteiger partial charge in [0.2, 0.25) is 6.79 Å². The van der Waals surface area contributed by atoms with Crippen molar-refractivity contribution in [3.05, 3.63) is 62.6 Å². The van der Waals surface area contributed by atoms with Gasteiger partial charge in [0.25, 0.3) is 11.5 Å². The first-order valence-electron chi connectivity index (χ1n) is 11.3. The summed E-state index contributed by atoms with van der Waals surface area (Å²) in [5.41, 5.74) is 1.71. The zero-order chi connectivity index (χ0) is 23.4. The Labute approximate surface area is 197 Å². The third kappa shape index (κ3) is 5.09. The van der Waals surface area contributed by atoms with Crippen LogP contribution in [0.25, 0.3) is 10.9 Å². The summed E-state index contributed by atoms with van der Waals surface area (Å²) >= 11 is 5.46. The number of nitrogens with one attached hydrogen (secondary N) is 3. The lowest BCUT2D eigenvalue weighted by Gasteiger charge is -2.15. The predicted molar refractivity (Wildman–Crippen MR) is 129 cm³/mol. The summed E-state index contributed by atoms with van der Waals surface area (Å²) in [6.45, 7) is 8.65. The fourth-order valence-corrected chi connectivity index (χ4v) is 4.26. The minimum atomic E-state index is -0.208. The minimum Gasteiger partial charge on any atom is -0.454 e. The lowest BCUT2D eigenvalue weighted by molar-refractivity contribution is -0.896. The van der Waals surface area contributed by atoms with Crippen LogP contribution in [0.1, 0.15) is 36.2 Å². The minimum absolute atomic E-state index is 0.157. The van der Waals surface area contributed by atoms with Crippen molar-refractivity contribution in [1.82, 2.24) is 14.9 Å². The molecule has 0 bridgehead atoms. The lowest BCUT2D eigenvalue weighted by Crippen LogP contribution is -3.11. The molecule has 2 aromatic carbocycles. The first-order chi connectivity index (χ1) is 16.0. The fraction of sp³-hybridized carbons (Fsp3) is 0.375. The van der Waals surface area contributed by atoms with Crippen molar-refractivity contribution in [3.8, 4) is 11.5 Å². The standard InChI is InChI=1S/C24H28N4O4S/c1-3-27(4-2)11-5-10-25-22(29)17-7-8-18-19(13-17)26-24(33)28(23(18)30)14-16-6-9-20-21(12-16)32-15-31-20/h6-9,12-13H,3-5,10-11,14-15H2,1-2H3,(H,25,29)(H,26,33)/p+1. The molecule has 0 saturated heterocycles. The molecule has 1 aliphatic heterocycles. The van der Waals surface area contributed by atoms with Gasteiger partial charge >= 0.3 is 0 Å². The van der Waals surface area contributed by atoms with Gasteiger partial charge in [-0.25, -0.2) is 0 Å². The van der Waals surface area contributed by atoms with Gasteiger partial charge < -0.3 is 24.7 Å². The highest BCUT2D eigenvalue weighted by Crippen LogP contribution is 2.32. The zero-order valence-electron chi connectivity index (χ0n) is 18.9. The quantitative estimate of drug-likeness (QED) is 0.329. The molecule has 0 radical (unpaired) electrons. The van der Waals surface area contributed by atoms with Crippen molar-refractivity contribution in [2.45, 2.75) is 26.8 Å². The third-order valence-corrected chi connectivity index (χ3v) is 6.34. The van der Waals surface area contributed by atoms with Gasteiger partial charge in [0.1, 0.15) is 0 Å². The van der Waals surface area contributed by atoms with Crippen LogP contribution in [0.2, 0.25) is 0 Å². The maximum Gasteiger partial charge on any atom is 0.262 e. The van der Waals surface area contributed by atoms with Gasteiger partial charge in [-0.15, -0.1) is 0 Å². The molecule has 1 aromatic heterocycles. The fourth-order valence-electron chi connectivity index (χ4n) is 4.01. The molecule has 0 unspecified atom stereocenters. The molecule has 174 valence electrons. The first kappa shape index (κ1) is 23.0. The number of carbonyl (C=O) groups is 1. The number of ether oxygens (including phenoxy) is 2. The van der Waals surface area contributed by atoms with Gasteiger partial charge in [0.05, 0.1) is 37.1 Å². The van der Waals surface area contributed by atoms with E-state index < -0.39 is 0 Å². The highest BCUT2D eigenvalue weighted by atomic mass is 32.1. The molecule has 8 nitrogen and oxygen atoms in total. The maximum absolute atomic E-state index is 13.1. The molecule has 0 spiro atoms. The Kier molecular flexibility index (Phi) is 7.10. The van der Waals surface area contributed by atoms with E-state index in [1.807, 2.05) is 18.2 Å². The summed E-state index contributed by atoms with van der Waals surface area (Å²) in [6.07, 6.45) is 0.920. The van der Waals surface area contributed by atoms with E-state index in [0.29, 0.717) is 45.8 Å². The SMILES string of the molecule is CC[NH+](CC)CCCNC(=O)c1ccc2c(=O)n(Cc3ccc4c(c3)OCO4)c(=S)[nH]c2c1. The lowest BCUT2D eigenvalue weighted by atomic mass is 10.1. The molecule has 33 heavy (non-hydrogen) atoms. The van der Waals surface area contributed by atoms with Gasteiger partial charge in [-0.3, -0.25) is 14.2 Å². The number of rotatable bonds is 9. The Morgan fingerprint density at radius 2 is 1.94 bits per heavy atom. The van der Waals surface area contributed by atoms with Crippen molar-refractivity contribution in [2.75, 3.05) is 33.0 Å². The number of H-pyrrole nitrogens is 1. The second-order valence-corrected chi connectivity index (χ2v) is 8.47. The van der Waals surface area contributed by atoms with Crippen molar-refractivity contribution in [1.29, 1.82) is 0 Å². The molecule has 0 aliphatic carbocycles. The Hall–Kier alpha value is -3.17. The van der Waals surface area contributed by atoms with Gasteiger partial charge in [-0.05, 0) is 62.0 Å². The van der Waals surface area contributed by atoms with Crippen LogP contribution in [0.15, 0.2) is 41.2 Å². The first-order valence-corrected chi connectivity index (χ1v) is 11.7. The summed E-state index contributed by atoms with van der Waals surface area (Å²) < 4.78 is 12.6. The zero-order valence-corrected chi connectivity index (χ0v) is 19.7. The van der Waals surface area contributed by atoms with E-state index >= 15 is 0 Å². The Bertz CT molecular complexity index is 1280. The average molecular weight is 470 g/mol. The van der Waals surface area contributed by atoms with Gasteiger partial charge in [0, 0.05) is 18.5 Å². The molecule has 4 rings (SSSR count). The Balaban J connectivity index is 1.49. The number of carbonyl (C=O) groups excluding carboxylic acids is 1. The third-order valence-electron chi connectivity index (χ3n) is 6.01. The molecule has 1 aliphatic rings. The summed E-state index contributed by atoms with van der Waals surface area (Å²) in [7, 11) is 0. The molecule has 0 fully saturated rings. The number of hydrogen-bond donors (Lipinski definition) is 3. The molecule has 0 atom stereocenters. The smallest absolute Gasteiger partial charge is 0.262 e. The van der Waals surface area contributed by atoms with Crippen molar-refractivity contribution >= 4 is 29.0 Å². The Morgan fingerprint density at radius 3 is 2.73 bits per heavy atom. The summed E-state index contributed by atoms with van der Waals surface area (Å²) in [5, 5.41) is 3.44. The van der Waals surface area contributed by atoms with Gasteiger partial charge in [0.15, 0.2) is 16.3 Å². The maximum atomic E-state index is 13.1. The number of fused-ring (bicyclic) bond motifs is 2. The molecule has 3 aromatic rings. The van der Waals surface area contributed by atoms with Gasteiger partial charge in [-0.1, -0.05) is 6.07 Å². The molecule has 0 saturated carbocycles. The average Bonchev–Trinajstić information content (AvgIpc) is 3.29. The van der Waals surface area contributed by atoms with Crippen LogP contribution in [0.4, 0.5) is 0 Å². The molecular weight excluding hydrogens is 440 g/mol. The molecule has 2 heterocycles. The number of quaternary nitrogens is 1. The predicted octanol–water partition coefficient (Wildman–Crippen LogP) is 1.88. The summed E-state index contributed by atoms with van der Waals surface area (Å²) in [4.78, 5) is 30.3. The highest BCUT2D eigenvalue weighted by Gasteiger charge is 2.15. The summed E-state index contributed by atoms with van der Waals surface area (Å²) in [6, 6.07) is 10.6. The van der Waals surface area contributed by atoms with E-state index in [2.05, 4.69) is 24.1 Å². The van der Waals surface area contributed by atoms with Crippen molar-refractivity contribution < 1.29 is 19.2 Å². The number of aromatic nitrogens is 2. The summed E-state index contributed by atoms with van der Waals surface area (Å²) in [5.74, 6) is 1.19. The van der Waals surface area contributed by atoms with E-state index in [4.69, 9.17) is 21.7 Å². The van der Waals surface area contributed by atoms with Crippen LogP contribution in [0.5, 0.6) is 11.5 Å². The monoisotopic (exact) mass is 469 g/mol. The molecular formula is C24H29N4O4S+. The van der Waals surface area contributed by atoms with Crippen LogP contribution in [-0.4, -0.2) is 48.4 Å². The van der Waals surface area contributed by atoms with E-state index in [0.717, 1.165) is 31.6 Å². The van der Waals surface area contributed by atoms with Crippen molar-refractivity contribution in [2.24, 2.45) is 0 Å². The van der Waals surface area contributed by atoms with Crippen LogP contribution >= 0.6 is 12.2 Å². The number of amides is 1. The largest absolute Gasteiger partial charge is 0.454 e. The topological polar surface area (TPSA) is 89.8 Å². The van der Waals surface area contributed by atoms with E-state index in [1.54, 1.807) is 18.2 Å². The van der Waals surface area contributed by atoms with E-state index in [1.165, 1.54) is 9.47 Å². The number of hydrogen-bond acceptors (Lipinski definition) is 5. The number of nitrogens with zero attached hydrogens (tertiary/aromatic N) is 1. The number of aromatic amines is 1. The second-order valence-electron chi connectivity index (χ2n) is 8.09. The van der Waals surface area contributed by atoms with Crippen LogP contribution in [0.3, 0.4) is 0 Å². The normalized spacial score (nSPS) is 12.5. The molecule has 3 N–H and O–H groups in total. The molecule has 9 heteroatoms. The second kappa shape index (κ2) is 10.2. The van der Waals surface area contributed by atoms with E-state index in [9.17, 15) is 9.59 Å². The van der Waals surface area contributed by atoms with Crippen LogP contribution in [0, 0.1) is 4.77 Å². The van der Waals surface area contributed by atoms with Crippen molar-refractivity contribution in [3.63, 3.8) is 0 Å². The van der Waals surface area contributed by atoms with Gasteiger partial charge in [-0.2, -0.15) is 0 Å². The van der Waals surface area contributed by atoms with E-state index in [-0.39, 0.29) is 18.3 Å².